The highest BCUT2D eigenvalue weighted by Gasteiger charge is 2.26. The zero-order chi connectivity index (χ0) is 32.8. The van der Waals surface area contributed by atoms with Gasteiger partial charge in [-0.2, -0.15) is 0 Å². The highest BCUT2D eigenvalue weighted by Crippen LogP contribution is 2.15. The largest absolute Gasteiger partial charge is 0.391 e. The molecule has 0 aromatic carbocycles. The van der Waals surface area contributed by atoms with Crippen molar-refractivity contribution in [2.75, 3.05) is 65.8 Å². The average molecular weight is 643 g/mol. The predicted octanol–water partition coefficient (Wildman–Crippen LogP) is 10.8. The number of quaternary nitrogens is 1. The molecule has 0 aliphatic heterocycles. The molecular formula is C40H84NO4+. The molecule has 45 heavy (non-hydrogen) atoms. The van der Waals surface area contributed by atoms with E-state index in [0.717, 1.165) is 39.1 Å². The summed E-state index contributed by atoms with van der Waals surface area (Å²) in [6.45, 7) is 10.9. The third-order valence-electron chi connectivity index (χ3n) is 9.85. The third-order valence-corrected chi connectivity index (χ3v) is 9.85. The summed E-state index contributed by atoms with van der Waals surface area (Å²) >= 11 is 0. The van der Waals surface area contributed by atoms with E-state index in [2.05, 4.69) is 13.8 Å². The Morgan fingerprint density at radius 2 is 0.556 bits per heavy atom. The number of hydrogen-bond acceptors (Lipinski definition) is 4. The van der Waals surface area contributed by atoms with E-state index < -0.39 is 0 Å². The number of unbranched alkanes of at least 4 members (excludes halogenated alkanes) is 26. The molecule has 0 atom stereocenters. The van der Waals surface area contributed by atoms with Gasteiger partial charge in [0.15, 0.2) is 0 Å². The van der Waals surface area contributed by atoms with E-state index in [4.69, 9.17) is 9.47 Å². The van der Waals surface area contributed by atoms with Crippen molar-refractivity contribution in [1.29, 1.82) is 0 Å². The summed E-state index contributed by atoms with van der Waals surface area (Å²) in [7, 11) is 0. The van der Waals surface area contributed by atoms with Gasteiger partial charge in [-0.1, -0.05) is 181 Å². The topological polar surface area (TPSA) is 58.9 Å². The Morgan fingerprint density at radius 3 is 0.800 bits per heavy atom. The summed E-state index contributed by atoms with van der Waals surface area (Å²) in [5.74, 6) is 0. The Bertz CT molecular complexity index is 486. The highest BCUT2D eigenvalue weighted by atomic mass is 16.5. The molecule has 5 nitrogen and oxygen atoms in total. The van der Waals surface area contributed by atoms with Crippen LogP contribution in [0.1, 0.15) is 194 Å². The Hall–Kier alpha value is -0.200. The van der Waals surface area contributed by atoms with Crippen LogP contribution < -0.4 is 0 Å². The second-order valence-corrected chi connectivity index (χ2v) is 14.1. The van der Waals surface area contributed by atoms with Gasteiger partial charge in [0.05, 0.1) is 26.4 Å². The number of hydrogen-bond donors (Lipinski definition) is 2. The summed E-state index contributed by atoms with van der Waals surface area (Å²) in [6, 6.07) is 0. The molecule has 0 fully saturated rings. The molecule has 0 bridgehead atoms. The van der Waals surface area contributed by atoms with Crippen LogP contribution in [0.25, 0.3) is 0 Å². The molecule has 0 spiro atoms. The summed E-state index contributed by atoms with van der Waals surface area (Å²) in [4.78, 5) is 0. The van der Waals surface area contributed by atoms with Gasteiger partial charge in [-0.25, -0.2) is 0 Å². The van der Waals surface area contributed by atoms with Crippen molar-refractivity contribution >= 4 is 0 Å². The maximum absolute atomic E-state index is 9.74. The van der Waals surface area contributed by atoms with E-state index >= 15 is 0 Å². The number of ether oxygens (including phenoxy) is 2. The van der Waals surface area contributed by atoms with Crippen molar-refractivity contribution in [3.05, 3.63) is 0 Å². The fraction of sp³-hybridized carbons (Fsp3) is 1.00. The van der Waals surface area contributed by atoms with Gasteiger partial charge >= 0.3 is 0 Å². The number of aliphatic hydroxyl groups is 2. The van der Waals surface area contributed by atoms with E-state index in [-0.39, 0.29) is 13.2 Å². The SMILES string of the molecule is CCCCCCCCCCCCCCCCOCC[N+](CCO)(CCO)CCOCCCCCCCCCCCCCCCC. The third kappa shape index (κ3) is 33.5. The van der Waals surface area contributed by atoms with Crippen LogP contribution in [0.4, 0.5) is 0 Å². The lowest BCUT2D eigenvalue weighted by molar-refractivity contribution is -0.929. The van der Waals surface area contributed by atoms with Gasteiger partial charge in [-0.05, 0) is 12.8 Å². The molecule has 0 radical (unpaired) electrons. The van der Waals surface area contributed by atoms with Crippen molar-refractivity contribution in [1.82, 2.24) is 0 Å². The molecule has 0 heterocycles. The van der Waals surface area contributed by atoms with Gasteiger partial charge in [0, 0.05) is 13.2 Å². The van der Waals surface area contributed by atoms with Crippen molar-refractivity contribution in [3.8, 4) is 0 Å². The first-order chi connectivity index (χ1) is 22.2. The van der Waals surface area contributed by atoms with E-state index in [9.17, 15) is 10.2 Å². The molecule has 0 aliphatic rings. The number of nitrogens with zero attached hydrogens (tertiary/aromatic N) is 1. The smallest absolute Gasteiger partial charge is 0.103 e. The molecular weight excluding hydrogens is 558 g/mol. The standard InChI is InChI=1S/C40H84NO4/c1-3-5-7-9-11-13-15-17-19-21-23-25-27-29-37-44-39-33-41(31-35-42,32-36-43)34-40-45-38-30-28-26-24-22-20-18-16-14-12-10-8-6-4-2/h42-43H,3-40H2,1-2H3/q+1. The maximum Gasteiger partial charge on any atom is 0.103 e. The van der Waals surface area contributed by atoms with Crippen molar-refractivity contribution in [2.45, 2.75) is 194 Å². The molecule has 2 N–H and O–H groups in total. The first-order valence-electron chi connectivity index (χ1n) is 20.5. The minimum Gasteiger partial charge on any atom is -0.391 e. The second-order valence-electron chi connectivity index (χ2n) is 14.1. The molecule has 0 unspecified atom stereocenters. The Morgan fingerprint density at radius 1 is 0.311 bits per heavy atom. The Kier molecular flexibility index (Phi) is 38.1. The van der Waals surface area contributed by atoms with Crippen LogP contribution in [-0.4, -0.2) is 80.5 Å². The second kappa shape index (κ2) is 38.2. The lowest BCUT2D eigenvalue weighted by Gasteiger charge is -2.37. The summed E-state index contributed by atoms with van der Waals surface area (Å²) in [5, 5.41) is 19.5. The molecule has 0 saturated carbocycles. The number of rotatable bonds is 40. The van der Waals surface area contributed by atoms with E-state index in [1.807, 2.05) is 0 Å². The molecule has 0 aliphatic carbocycles. The molecule has 0 aromatic heterocycles. The van der Waals surface area contributed by atoms with Crippen molar-refractivity contribution in [3.63, 3.8) is 0 Å². The quantitative estimate of drug-likeness (QED) is 0.0516. The Labute approximate surface area is 283 Å². The minimum absolute atomic E-state index is 0.137. The highest BCUT2D eigenvalue weighted by molar-refractivity contribution is 4.52. The average Bonchev–Trinajstić information content (AvgIpc) is 3.04. The number of aliphatic hydroxyl groups excluding tert-OH is 2. The maximum atomic E-state index is 9.74. The zero-order valence-corrected chi connectivity index (χ0v) is 31.0. The molecule has 0 aromatic rings. The summed E-state index contributed by atoms with van der Waals surface area (Å²) < 4.78 is 12.7. The van der Waals surface area contributed by atoms with Crippen molar-refractivity contribution < 1.29 is 24.2 Å². The van der Waals surface area contributed by atoms with Crippen LogP contribution in [-0.2, 0) is 9.47 Å². The lowest BCUT2D eigenvalue weighted by atomic mass is 10.0. The van der Waals surface area contributed by atoms with Gasteiger partial charge in [0.1, 0.15) is 26.2 Å². The monoisotopic (exact) mass is 643 g/mol. The zero-order valence-electron chi connectivity index (χ0n) is 31.0. The van der Waals surface area contributed by atoms with Crippen LogP contribution in [0.5, 0.6) is 0 Å². The normalized spacial score (nSPS) is 12.0. The molecule has 0 saturated heterocycles. The van der Waals surface area contributed by atoms with Crippen LogP contribution in [0.15, 0.2) is 0 Å². The van der Waals surface area contributed by atoms with Gasteiger partial charge in [-0.15, -0.1) is 0 Å². The van der Waals surface area contributed by atoms with E-state index in [1.54, 1.807) is 0 Å². The molecule has 0 amide bonds. The lowest BCUT2D eigenvalue weighted by Crippen LogP contribution is -2.55. The summed E-state index contributed by atoms with van der Waals surface area (Å²) in [6.07, 6.45) is 38.5. The fourth-order valence-electron chi connectivity index (χ4n) is 6.61. The van der Waals surface area contributed by atoms with Crippen LogP contribution in [0.3, 0.4) is 0 Å². The van der Waals surface area contributed by atoms with Gasteiger partial charge in [0.25, 0.3) is 0 Å². The van der Waals surface area contributed by atoms with E-state index in [0.29, 0.717) is 30.8 Å². The predicted molar refractivity (Wildman–Crippen MR) is 196 cm³/mol. The van der Waals surface area contributed by atoms with Gasteiger partial charge in [-0.3, -0.25) is 0 Å². The van der Waals surface area contributed by atoms with Gasteiger partial charge in [0.2, 0.25) is 0 Å². The fourth-order valence-corrected chi connectivity index (χ4v) is 6.61. The van der Waals surface area contributed by atoms with Gasteiger partial charge < -0.3 is 24.2 Å². The molecule has 0 rings (SSSR count). The Balaban J connectivity index is 3.70. The minimum atomic E-state index is 0.137. The molecule has 272 valence electrons. The van der Waals surface area contributed by atoms with Crippen molar-refractivity contribution in [2.24, 2.45) is 0 Å². The summed E-state index contributed by atoms with van der Waals surface area (Å²) in [5.41, 5.74) is 0. The van der Waals surface area contributed by atoms with Crippen LogP contribution >= 0.6 is 0 Å². The van der Waals surface area contributed by atoms with Crippen LogP contribution in [0.2, 0.25) is 0 Å². The van der Waals surface area contributed by atoms with E-state index in [1.165, 1.54) is 167 Å². The molecule has 5 heteroatoms. The first kappa shape index (κ1) is 44.8. The van der Waals surface area contributed by atoms with Crippen LogP contribution in [0, 0.1) is 0 Å². The first-order valence-corrected chi connectivity index (χ1v) is 20.5.